The summed E-state index contributed by atoms with van der Waals surface area (Å²) >= 11 is 0. The number of phenols is 1. The molecule has 6 heteroatoms. The van der Waals surface area contributed by atoms with Gasteiger partial charge in [-0.1, -0.05) is 30.3 Å². The molecule has 1 N–H and O–H groups in total. The van der Waals surface area contributed by atoms with Crippen molar-refractivity contribution in [3.05, 3.63) is 94.8 Å². The molecule has 0 aliphatic heterocycles. The van der Waals surface area contributed by atoms with Gasteiger partial charge in [0, 0.05) is 5.39 Å². The number of aromatic nitrogens is 2. The highest BCUT2D eigenvalue weighted by atomic mass is 16.3. The van der Waals surface area contributed by atoms with Crippen LogP contribution in [-0.4, -0.2) is 21.0 Å². The average molecular weight is 381 g/mol. The fraction of sp³-hybridized carbons (Fsp3) is 0. The quantitative estimate of drug-likeness (QED) is 0.470. The Morgan fingerprint density at radius 3 is 2.55 bits per heavy atom. The molecule has 6 nitrogen and oxygen atoms in total. The van der Waals surface area contributed by atoms with E-state index in [1.807, 2.05) is 36.4 Å². The first kappa shape index (κ1) is 16.9. The second-order valence-electron chi connectivity index (χ2n) is 6.55. The molecule has 5 aromatic rings. The van der Waals surface area contributed by atoms with E-state index in [0.29, 0.717) is 28.1 Å². The SMILES string of the molecule is O=c1c2ccccc2nc(-c2cc3ccccc3o2)n1N=Cc1ccc(O)cc1. The molecule has 29 heavy (non-hydrogen) atoms. The van der Waals surface area contributed by atoms with Gasteiger partial charge >= 0.3 is 0 Å². The standard InChI is InChI=1S/C23H15N3O3/c27-17-11-9-15(10-12-17)14-24-26-22(21-13-16-5-1-4-8-20(16)29-21)25-19-7-3-2-6-18(19)23(26)28/h1-14,27H. The minimum Gasteiger partial charge on any atom is -0.508 e. The third-order valence-electron chi connectivity index (χ3n) is 4.62. The molecule has 0 bridgehead atoms. The predicted octanol–water partition coefficient (Wildman–Crippen LogP) is 4.40. The summed E-state index contributed by atoms with van der Waals surface area (Å²) in [5, 5.41) is 15.2. The van der Waals surface area contributed by atoms with E-state index in [1.165, 1.54) is 4.68 Å². The van der Waals surface area contributed by atoms with E-state index in [1.54, 1.807) is 48.7 Å². The van der Waals surface area contributed by atoms with E-state index in [2.05, 4.69) is 10.1 Å². The van der Waals surface area contributed by atoms with Crippen LogP contribution in [0.3, 0.4) is 0 Å². The van der Waals surface area contributed by atoms with Crippen LogP contribution in [0.5, 0.6) is 5.75 Å². The molecule has 3 aromatic carbocycles. The van der Waals surface area contributed by atoms with Crippen molar-refractivity contribution in [2.75, 3.05) is 0 Å². The Morgan fingerprint density at radius 2 is 1.72 bits per heavy atom. The summed E-state index contributed by atoms with van der Waals surface area (Å²) in [6, 6.07) is 23.1. The predicted molar refractivity (Wildman–Crippen MR) is 112 cm³/mol. The lowest BCUT2D eigenvalue weighted by Crippen LogP contribution is -2.20. The largest absolute Gasteiger partial charge is 0.508 e. The summed E-state index contributed by atoms with van der Waals surface area (Å²) in [6.45, 7) is 0. The molecule has 5 rings (SSSR count). The number of phenolic OH excluding ortho intramolecular Hbond substituents is 1. The van der Waals surface area contributed by atoms with Crippen molar-refractivity contribution >= 4 is 28.1 Å². The molecule has 0 saturated heterocycles. The van der Waals surface area contributed by atoms with Gasteiger partial charge in [0.1, 0.15) is 11.3 Å². The summed E-state index contributed by atoms with van der Waals surface area (Å²) in [6.07, 6.45) is 1.55. The van der Waals surface area contributed by atoms with Gasteiger partial charge in [0.25, 0.3) is 5.56 Å². The minimum absolute atomic E-state index is 0.162. The zero-order valence-corrected chi connectivity index (χ0v) is 15.2. The number of furan rings is 1. The Kier molecular flexibility index (Phi) is 3.95. The van der Waals surface area contributed by atoms with Crippen LogP contribution in [-0.2, 0) is 0 Å². The van der Waals surface area contributed by atoms with Gasteiger partial charge in [-0.05, 0) is 54.1 Å². The lowest BCUT2D eigenvalue weighted by molar-refractivity contribution is 0.475. The highest BCUT2D eigenvalue weighted by Crippen LogP contribution is 2.27. The van der Waals surface area contributed by atoms with E-state index in [9.17, 15) is 9.90 Å². The van der Waals surface area contributed by atoms with Crippen LogP contribution in [0.15, 0.2) is 93.2 Å². The molecule has 0 spiro atoms. The third kappa shape index (κ3) is 3.06. The maximum atomic E-state index is 13.1. The first-order valence-corrected chi connectivity index (χ1v) is 9.03. The van der Waals surface area contributed by atoms with Gasteiger partial charge in [0.2, 0.25) is 5.82 Å². The van der Waals surface area contributed by atoms with E-state index in [0.717, 1.165) is 10.9 Å². The molecule has 0 fully saturated rings. The summed E-state index contributed by atoms with van der Waals surface area (Å²) in [5.41, 5.74) is 1.72. The van der Waals surface area contributed by atoms with Gasteiger partial charge in [0.05, 0.1) is 17.1 Å². The maximum absolute atomic E-state index is 13.1. The Hall–Kier alpha value is -4.19. The first-order chi connectivity index (χ1) is 14.2. The highest BCUT2D eigenvalue weighted by Gasteiger charge is 2.16. The number of nitrogens with zero attached hydrogens (tertiary/aromatic N) is 3. The fourth-order valence-corrected chi connectivity index (χ4v) is 3.17. The molecule has 0 atom stereocenters. The zero-order chi connectivity index (χ0) is 19.8. The van der Waals surface area contributed by atoms with Crippen LogP contribution >= 0.6 is 0 Å². The van der Waals surface area contributed by atoms with Crippen molar-refractivity contribution in [1.29, 1.82) is 0 Å². The number of rotatable bonds is 3. The molecule has 0 amide bonds. The van der Waals surface area contributed by atoms with Crippen LogP contribution in [0.25, 0.3) is 33.5 Å². The molecule has 0 aliphatic carbocycles. The fourth-order valence-electron chi connectivity index (χ4n) is 3.17. The molecule has 2 aromatic heterocycles. The normalized spacial score (nSPS) is 11.6. The molecule has 0 unspecified atom stereocenters. The summed E-state index contributed by atoms with van der Waals surface area (Å²) in [5.74, 6) is 0.937. The number of aromatic hydroxyl groups is 1. The van der Waals surface area contributed by atoms with Gasteiger partial charge in [-0.2, -0.15) is 9.78 Å². The van der Waals surface area contributed by atoms with E-state index in [-0.39, 0.29) is 11.3 Å². The van der Waals surface area contributed by atoms with Crippen molar-refractivity contribution in [3.8, 4) is 17.3 Å². The molecule has 2 heterocycles. The van der Waals surface area contributed by atoms with Crippen LogP contribution in [0.1, 0.15) is 5.56 Å². The first-order valence-electron chi connectivity index (χ1n) is 9.03. The van der Waals surface area contributed by atoms with Crippen LogP contribution < -0.4 is 5.56 Å². The molecule has 140 valence electrons. The van der Waals surface area contributed by atoms with Gasteiger partial charge in [-0.15, -0.1) is 0 Å². The number of hydrogen-bond donors (Lipinski definition) is 1. The van der Waals surface area contributed by atoms with Gasteiger partial charge < -0.3 is 9.52 Å². The van der Waals surface area contributed by atoms with Crippen molar-refractivity contribution in [3.63, 3.8) is 0 Å². The smallest absolute Gasteiger partial charge is 0.282 e. The highest BCUT2D eigenvalue weighted by molar-refractivity contribution is 5.84. The average Bonchev–Trinajstić information content (AvgIpc) is 3.18. The molecular formula is C23H15N3O3. The van der Waals surface area contributed by atoms with Gasteiger partial charge in [-0.3, -0.25) is 4.79 Å². The minimum atomic E-state index is -0.291. The van der Waals surface area contributed by atoms with Crippen molar-refractivity contribution in [1.82, 2.24) is 9.66 Å². The van der Waals surface area contributed by atoms with Crippen molar-refractivity contribution < 1.29 is 9.52 Å². The molecule has 0 saturated carbocycles. The number of para-hydroxylation sites is 2. The number of fused-ring (bicyclic) bond motifs is 2. The molecular weight excluding hydrogens is 366 g/mol. The Labute approximate surface area is 165 Å². The Balaban J connectivity index is 1.74. The van der Waals surface area contributed by atoms with Crippen LogP contribution in [0.4, 0.5) is 0 Å². The Bertz CT molecular complexity index is 1400. The topological polar surface area (TPSA) is 80.6 Å². The van der Waals surface area contributed by atoms with Crippen LogP contribution in [0.2, 0.25) is 0 Å². The van der Waals surface area contributed by atoms with E-state index in [4.69, 9.17) is 4.42 Å². The summed E-state index contributed by atoms with van der Waals surface area (Å²) < 4.78 is 7.18. The van der Waals surface area contributed by atoms with Gasteiger partial charge in [-0.25, -0.2) is 4.98 Å². The van der Waals surface area contributed by atoms with E-state index >= 15 is 0 Å². The lowest BCUT2D eigenvalue weighted by Gasteiger charge is -2.07. The van der Waals surface area contributed by atoms with Gasteiger partial charge in [0.15, 0.2) is 5.76 Å². The number of benzene rings is 3. The van der Waals surface area contributed by atoms with Crippen molar-refractivity contribution in [2.45, 2.75) is 0 Å². The second-order valence-corrected chi connectivity index (χ2v) is 6.55. The molecule has 0 radical (unpaired) electrons. The Morgan fingerprint density at radius 1 is 0.966 bits per heavy atom. The maximum Gasteiger partial charge on any atom is 0.282 e. The van der Waals surface area contributed by atoms with Crippen LogP contribution in [0, 0.1) is 0 Å². The zero-order valence-electron chi connectivity index (χ0n) is 15.2. The lowest BCUT2D eigenvalue weighted by atomic mass is 10.2. The third-order valence-corrected chi connectivity index (χ3v) is 4.62. The second kappa shape index (κ2) is 6.76. The van der Waals surface area contributed by atoms with E-state index < -0.39 is 0 Å². The summed E-state index contributed by atoms with van der Waals surface area (Å²) in [7, 11) is 0. The van der Waals surface area contributed by atoms with Crippen molar-refractivity contribution in [2.24, 2.45) is 5.10 Å². The summed E-state index contributed by atoms with van der Waals surface area (Å²) in [4.78, 5) is 17.8. The number of hydrogen-bond acceptors (Lipinski definition) is 5. The monoisotopic (exact) mass is 381 g/mol. The molecule has 0 aliphatic rings.